The summed E-state index contributed by atoms with van der Waals surface area (Å²) in [5, 5.41) is 0. The lowest BCUT2D eigenvalue weighted by Crippen LogP contribution is -2.39. The summed E-state index contributed by atoms with van der Waals surface area (Å²) in [5.74, 6) is -0.151. The summed E-state index contributed by atoms with van der Waals surface area (Å²) in [7, 11) is -4.49. The zero-order valence-corrected chi connectivity index (χ0v) is 15.4. The minimum atomic E-state index is -4.49. The third-order valence-corrected chi connectivity index (χ3v) is 4.85. The number of Topliss-reactive ketones (excluding diaryl/α,β-unsaturated/α-hetero) is 1. The summed E-state index contributed by atoms with van der Waals surface area (Å²) in [6.45, 7) is 14.3. The van der Waals surface area contributed by atoms with Crippen LogP contribution in [0.15, 0.2) is 0 Å². The molecule has 0 radical (unpaired) electrons. The lowest BCUT2D eigenvalue weighted by atomic mass is 9.88. The SMILES string of the molecule is CC(=O)CC(C)(OP(=O)([O-])OC(C(C)C)C(C)C)C(C)C. The lowest BCUT2D eigenvalue weighted by Gasteiger charge is -2.40. The molecule has 0 aliphatic rings. The smallest absolute Gasteiger partial charge is 0.268 e. The van der Waals surface area contributed by atoms with Crippen molar-refractivity contribution in [3.8, 4) is 0 Å². The minimum absolute atomic E-state index is 0.0360. The molecular formula is C15H30O5P-. The highest BCUT2D eigenvalue weighted by Gasteiger charge is 2.36. The Morgan fingerprint density at radius 2 is 1.57 bits per heavy atom. The van der Waals surface area contributed by atoms with E-state index in [-0.39, 0.29) is 30.0 Å². The summed E-state index contributed by atoms with van der Waals surface area (Å²) in [4.78, 5) is 23.6. The number of hydrogen-bond donors (Lipinski definition) is 0. The molecule has 0 aromatic rings. The Hall–Kier alpha value is -0.220. The van der Waals surface area contributed by atoms with E-state index in [9.17, 15) is 14.3 Å². The molecule has 0 aromatic carbocycles. The van der Waals surface area contributed by atoms with Crippen molar-refractivity contribution >= 4 is 13.6 Å². The molecule has 0 aromatic heterocycles. The predicted molar refractivity (Wildman–Crippen MR) is 81.8 cm³/mol. The van der Waals surface area contributed by atoms with E-state index in [0.29, 0.717) is 0 Å². The maximum Gasteiger partial charge on any atom is 0.268 e. The van der Waals surface area contributed by atoms with Gasteiger partial charge in [-0.05, 0) is 31.6 Å². The van der Waals surface area contributed by atoms with Crippen LogP contribution in [-0.2, 0) is 18.4 Å². The highest BCUT2D eigenvalue weighted by molar-refractivity contribution is 7.45. The molecule has 5 nitrogen and oxygen atoms in total. The molecule has 21 heavy (non-hydrogen) atoms. The second-order valence-corrected chi connectivity index (χ2v) is 8.23. The quantitative estimate of drug-likeness (QED) is 0.607. The fourth-order valence-corrected chi connectivity index (χ4v) is 3.89. The lowest BCUT2D eigenvalue weighted by molar-refractivity contribution is -0.245. The fourth-order valence-electron chi connectivity index (χ4n) is 2.28. The molecule has 2 atom stereocenters. The van der Waals surface area contributed by atoms with Crippen LogP contribution in [0, 0.1) is 17.8 Å². The molecule has 0 aliphatic carbocycles. The summed E-state index contributed by atoms with van der Waals surface area (Å²) in [6.07, 6.45) is -0.407. The highest BCUT2D eigenvalue weighted by atomic mass is 31.2. The average Bonchev–Trinajstić information content (AvgIpc) is 2.22. The number of phosphoric ester groups is 1. The molecule has 0 rings (SSSR count). The number of ketones is 1. The standard InChI is InChI=1S/C15H31O5P/c1-10(2)14(11(3)4)19-21(17,18)20-15(8,12(5)6)9-13(7)16/h10-12,14H,9H2,1-8H3,(H,17,18)/p-1. The Balaban J connectivity index is 5.14. The van der Waals surface area contributed by atoms with Crippen molar-refractivity contribution in [2.75, 3.05) is 0 Å². The number of hydrogen-bond acceptors (Lipinski definition) is 5. The normalized spacial score (nSPS) is 18.3. The number of phosphoric acid groups is 1. The summed E-state index contributed by atoms with van der Waals surface area (Å²) < 4.78 is 22.8. The van der Waals surface area contributed by atoms with E-state index in [1.54, 1.807) is 6.92 Å². The first-order valence-electron chi connectivity index (χ1n) is 7.50. The van der Waals surface area contributed by atoms with Crippen LogP contribution in [0.2, 0.25) is 0 Å². The van der Waals surface area contributed by atoms with Crippen LogP contribution in [0.3, 0.4) is 0 Å². The maximum absolute atomic E-state index is 12.2. The monoisotopic (exact) mass is 321 g/mol. The molecule has 0 spiro atoms. The van der Waals surface area contributed by atoms with Gasteiger partial charge in [0.2, 0.25) is 0 Å². The van der Waals surface area contributed by atoms with Gasteiger partial charge in [0.25, 0.3) is 7.82 Å². The van der Waals surface area contributed by atoms with Crippen LogP contribution in [0.5, 0.6) is 0 Å². The molecule has 0 amide bonds. The second kappa shape index (κ2) is 7.87. The van der Waals surface area contributed by atoms with Gasteiger partial charge in [0.05, 0.1) is 11.7 Å². The minimum Gasteiger partial charge on any atom is -0.756 e. The molecule has 126 valence electrons. The van der Waals surface area contributed by atoms with E-state index in [1.807, 2.05) is 41.5 Å². The molecule has 0 N–H and O–H groups in total. The Kier molecular flexibility index (Phi) is 7.78. The van der Waals surface area contributed by atoms with Gasteiger partial charge in [-0.3, -0.25) is 9.36 Å². The van der Waals surface area contributed by atoms with Crippen LogP contribution in [-0.4, -0.2) is 17.5 Å². The van der Waals surface area contributed by atoms with Crippen molar-refractivity contribution in [1.29, 1.82) is 0 Å². The third kappa shape index (κ3) is 7.05. The van der Waals surface area contributed by atoms with Crippen LogP contribution in [0.4, 0.5) is 0 Å². The van der Waals surface area contributed by atoms with E-state index in [4.69, 9.17) is 9.05 Å². The molecular weight excluding hydrogens is 291 g/mol. The number of carbonyl (C=O) groups excluding carboxylic acids is 1. The molecule has 0 bridgehead atoms. The second-order valence-electron chi connectivity index (χ2n) is 6.94. The van der Waals surface area contributed by atoms with E-state index in [0.717, 1.165) is 0 Å². The van der Waals surface area contributed by atoms with Gasteiger partial charge >= 0.3 is 0 Å². The van der Waals surface area contributed by atoms with Crippen molar-refractivity contribution in [3.05, 3.63) is 0 Å². The zero-order chi connectivity index (χ0) is 17.0. The van der Waals surface area contributed by atoms with Crippen molar-refractivity contribution in [1.82, 2.24) is 0 Å². The Morgan fingerprint density at radius 1 is 1.14 bits per heavy atom. The Morgan fingerprint density at radius 3 is 1.86 bits per heavy atom. The molecule has 6 heteroatoms. The topological polar surface area (TPSA) is 75.7 Å². The van der Waals surface area contributed by atoms with E-state index >= 15 is 0 Å². The van der Waals surface area contributed by atoms with Crippen molar-refractivity contribution in [3.63, 3.8) is 0 Å². The first-order chi connectivity index (χ1) is 9.30. The Bertz CT molecular complexity index is 384. The Labute approximate surface area is 129 Å². The first kappa shape index (κ1) is 20.8. The maximum atomic E-state index is 12.2. The van der Waals surface area contributed by atoms with E-state index < -0.39 is 19.5 Å². The highest BCUT2D eigenvalue weighted by Crippen LogP contribution is 2.49. The van der Waals surface area contributed by atoms with Crippen LogP contribution >= 0.6 is 7.82 Å². The van der Waals surface area contributed by atoms with Crippen molar-refractivity contribution in [2.24, 2.45) is 17.8 Å². The molecule has 0 aliphatic heterocycles. The predicted octanol–water partition coefficient (Wildman–Crippen LogP) is 3.56. The van der Waals surface area contributed by atoms with Crippen molar-refractivity contribution in [2.45, 2.75) is 73.5 Å². The van der Waals surface area contributed by atoms with Gasteiger partial charge in [-0.15, -0.1) is 0 Å². The molecule has 2 unspecified atom stereocenters. The van der Waals surface area contributed by atoms with Gasteiger partial charge in [-0.1, -0.05) is 41.5 Å². The fraction of sp³-hybridized carbons (Fsp3) is 0.933. The number of carbonyl (C=O) groups is 1. The van der Waals surface area contributed by atoms with Gasteiger partial charge in [-0.25, -0.2) is 0 Å². The van der Waals surface area contributed by atoms with Gasteiger partial charge in [-0.2, -0.15) is 0 Å². The largest absolute Gasteiger partial charge is 0.756 e. The van der Waals surface area contributed by atoms with E-state index in [2.05, 4.69) is 0 Å². The first-order valence-corrected chi connectivity index (χ1v) is 8.96. The number of rotatable bonds is 9. The molecule has 0 fully saturated rings. The summed E-state index contributed by atoms with van der Waals surface area (Å²) in [5.41, 5.74) is -1.08. The third-order valence-electron chi connectivity index (χ3n) is 3.71. The van der Waals surface area contributed by atoms with Gasteiger partial charge in [0, 0.05) is 6.42 Å². The average molecular weight is 321 g/mol. The zero-order valence-electron chi connectivity index (χ0n) is 14.5. The van der Waals surface area contributed by atoms with Crippen LogP contribution < -0.4 is 4.89 Å². The molecule has 0 saturated carbocycles. The van der Waals surface area contributed by atoms with Gasteiger partial charge < -0.3 is 13.9 Å². The van der Waals surface area contributed by atoms with Crippen molar-refractivity contribution < 1.29 is 23.3 Å². The summed E-state index contributed by atoms with van der Waals surface area (Å²) in [6, 6.07) is 0. The van der Waals surface area contributed by atoms with Gasteiger partial charge in [0.15, 0.2) is 0 Å². The molecule has 0 saturated heterocycles. The molecule has 0 heterocycles. The summed E-state index contributed by atoms with van der Waals surface area (Å²) >= 11 is 0. The van der Waals surface area contributed by atoms with Crippen LogP contribution in [0.1, 0.15) is 61.8 Å². The van der Waals surface area contributed by atoms with E-state index in [1.165, 1.54) is 6.92 Å². The van der Waals surface area contributed by atoms with Gasteiger partial charge in [0.1, 0.15) is 5.78 Å². The van der Waals surface area contributed by atoms with Crippen LogP contribution in [0.25, 0.3) is 0 Å².